The zero-order chi connectivity index (χ0) is 10.7. The number of hydrogen-bond donors (Lipinski definition) is 1. The molecule has 1 aromatic rings. The molecule has 7 heteroatoms. The van der Waals surface area contributed by atoms with Gasteiger partial charge >= 0.3 is 5.97 Å². The number of rotatable bonds is 3. The largest absolute Gasteiger partial charge is 0.480 e. The molecular weight excluding hydrogens is 272 g/mol. The second-order valence-corrected chi connectivity index (χ2v) is 3.75. The summed E-state index contributed by atoms with van der Waals surface area (Å²) in [6.07, 6.45) is 1.76. The van der Waals surface area contributed by atoms with Gasteiger partial charge in [-0.15, -0.1) is 0 Å². The Morgan fingerprint density at radius 1 is 1.57 bits per heavy atom. The van der Waals surface area contributed by atoms with Crippen molar-refractivity contribution < 1.29 is 14.6 Å². The number of carboxylic acids is 1. The lowest BCUT2D eigenvalue weighted by molar-refractivity contribution is 0.0687. The van der Waals surface area contributed by atoms with Crippen molar-refractivity contribution in [2.45, 2.75) is 5.16 Å². The van der Waals surface area contributed by atoms with E-state index in [1.54, 1.807) is 6.26 Å². The predicted molar refractivity (Wildman–Crippen MR) is 55.0 cm³/mol. The van der Waals surface area contributed by atoms with Gasteiger partial charge in [-0.05, 0) is 22.2 Å². The highest BCUT2D eigenvalue weighted by molar-refractivity contribution is 9.10. The number of thioether (sulfide) groups is 1. The van der Waals surface area contributed by atoms with Gasteiger partial charge in [0.25, 0.3) is 0 Å². The van der Waals surface area contributed by atoms with Crippen LogP contribution in [-0.4, -0.2) is 34.4 Å². The minimum Gasteiger partial charge on any atom is -0.480 e. The van der Waals surface area contributed by atoms with E-state index in [0.717, 1.165) is 0 Å². The average molecular weight is 279 g/mol. The molecule has 1 heterocycles. The minimum atomic E-state index is -1.12. The highest BCUT2D eigenvalue weighted by Crippen LogP contribution is 2.27. The van der Waals surface area contributed by atoms with Gasteiger partial charge < -0.3 is 9.84 Å². The van der Waals surface area contributed by atoms with Crippen LogP contribution >= 0.6 is 27.7 Å². The molecule has 0 atom stereocenters. The van der Waals surface area contributed by atoms with Crippen LogP contribution in [0.25, 0.3) is 0 Å². The Morgan fingerprint density at radius 3 is 2.64 bits per heavy atom. The minimum absolute atomic E-state index is 0.0961. The van der Waals surface area contributed by atoms with Gasteiger partial charge in [-0.25, -0.2) is 9.78 Å². The van der Waals surface area contributed by atoms with Crippen LogP contribution in [0.2, 0.25) is 0 Å². The van der Waals surface area contributed by atoms with Gasteiger partial charge in [-0.1, -0.05) is 11.8 Å². The monoisotopic (exact) mass is 278 g/mol. The first-order valence-corrected chi connectivity index (χ1v) is 5.50. The van der Waals surface area contributed by atoms with E-state index in [2.05, 4.69) is 25.9 Å². The van der Waals surface area contributed by atoms with Gasteiger partial charge in [0, 0.05) is 0 Å². The van der Waals surface area contributed by atoms with Gasteiger partial charge in [0.2, 0.25) is 5.88 Å². The number of carbonyl (C=O) groups is 1. The van der Waals surface area contributed by atoms with Gasteiger partial charge in [0.15, 0.2) is 10.9 Å². The standard InChI is InChI=1S/C7H7BrN2O3S/c1-13-5-3(8)4(6(11)12)9-7(10-5)14-2/h1-2H3,(H,11,12). The number of hydrogen-bond acceptors (Lipinski definition) is 5. The molecule has 1 rings (SSSR count). The zero-order valence-electron chi connectivity index (χ0n) is 7.44. The van der Waals surface area contributed by atoms with Crippen LogP contribution in [0.1, 0.15) is 10.5 Å². The molecule has 0 aromatic carbocycles. The fourth-order valence-electron chi connectivity index (χ4n) is 0.775. The van der Waals surface area contributed by atoms with E-state index in [0.29, 0.717) is 5.16 Å². The molecule has 0 aliphatic heterocycles. The van der Waals surface area contributed by atoms with Crippen molar-refractivity contribution in [1.29, 1.82) is 0 Å². The number of aromatic carboxylic acids is 1. The van der Waals surface area contributed by atoms with Crippen molar-refractivity contribution in [1.82, 2.24) is 9.97 Å². The van der Waals surface area contributed by atoms with Gasteiger partial charge in [0.05, 0.1) is 7.11 Å². The maximum absolute atomic E-state index is 10.8. The number of halogens is 1. The Balaban J connectivity index is 3.34. The molecule has 0 fully saturated rings. The Labute approximate surface area is 93.0 Å². The summed E-state index contributed by atoms with van der Waals surface area (Å²) in [6.45, 7) is 0. The summed E-state index contributed by atoms with van der Waals surface area (Å²) in [4.78, 5) is 18.6. The summed E-state index contributed by atoms with van der Waals surface area (Å²) in [6, 6.07) is 0. The Hall–Kier alpha value is -0.820. The highest BCUT2D eigenvalue weighted by atomic mass is 79.9. The summed E-state index contributed by atoms with van der Waals surface area (Å²) >= 11 is 4.32. The Bertz CT molecular complexity index is 372. The molecule has 0 saturated heterocycles. The number of methoxy groups -OCH3 is 1. The molecule has 1 aromatic heterocycles. The first-order valence-electron chi connectivity index (χ1n) is 3.49. The third-order valence-electron chi connectivity index (χ3n) is 1.38. The van der Waals surface area contributed by atoms with E-state index < -0.39 is 5.97 Å². The SMILES string of the molecule is COc1nc(SC)nc(C(=O)O)c1Br. The van der Waals surface area contributed by atoms with Crippen molar-refractivity contribution in [3.8, 4) is 5.88 Å². The summed E-state index contributed by atoms with van der Waals surface area (Å²) in [5.41, 5.74) is -0.0961. The predicted octanol–water partition coefficient (Wildman–Crippen LogP) is 1.67. The first kappa shape index (κ1) is 11.3. The lowest BCUT2D eigenvalue weighted by Crippen LogP contribution is -2.06. The number of nitrogens with zero attached hydrogens (tertiary/aromatic N) is 2. The fraction of sp³-hybridized carbons (Fsp3) is 0.286. The molecule has 0 amide bonds. The smallest absolute Gasteiger partial charge is 0.355 e. The summed E-state index contributed by atoms with van der Waals surface area (Å²) in [5.74, 6) is -0.894. The number of carboxylic acid groups (broad SMARTS) is 1. The van der Waals surface area contributed by atoms with E-state index in [4.69, 9.17) is 9.84 Å². The lowest BCUT2D eigenvalue weighted by Gasteiger charge is -2.05. The second kappa shape index (κ2) is 4.61. The third-order valence-corrected chi connectivity index (χ3v) is 2.64. The van der Waals surface area contributed by atoms with E-state index in [9.17, 15) is 4.79 Å². The molecule has 14 heavy (non-hydrogen) atoms. The number of aromatic nitrogens is 2. The molecule has 0 aliphatic carbocycles. The van der Waals surface area contributed by atoms with Gasteiger partial charge in [0.1, 0.15) is 4.47 Å². The van der Waals surface area contributed by atoms with Crippen LogP contribution < -0.4 is 4.74 Å². The normalized spacial score (nSPS) is 9.93. The zero-order valence-corrected chi connectivity index (χ0v) is 9.85. The van der Waals surface area contributed by atoms with Crippen LogP contribution in [0, 0.1) is 0 Å². The third kappa shape index (κ3) is 2.16. The molecule has 1 N–H and O–H groups in total. The first-order chi connectivity index (χ1) is 6.60. The Morgan fingerprint density at radius 2 is 2.21 bits per heavy atom. The molecule has 0 saturated carbocycles. The van der Waals surface area contributed by atoms with Crippen molar-refractivity contribution in [2.75, 3.05) is 13.4 Å². The van der Waals surface area contributed by atoms with Crippen LogP contribution in [0.5, 0.6) is 5.88 Å². The summed E-state index contributed by atoms with van der Waals surface area (Å²) in [5, 5.41) is 9.18. The molecule has 0 unspecified atom stereocenters. The van der Waals surface area contributed by atoms with E-state index in [1.165, 1.54) is 18.9 Å². The van der Waals surface area contributed by atoms with Crippen LogP contribution in [-0.2, 0) is 0 Å². The Kier molecular flexibility index (Phi) is 3.70. The maximum Gasteiger partial charge on any atom is 0.355 e. The van der Waals surface area contributed by atoms with Gasteiger partial charge in [-0.2, -0.15) is 4.98 Å². The molecule has 0 spiro atoms. The second-order valence-electron chi connectivity index (χ2n) is 2.19. The van der Waals surface area contributed by atoms with E-state index in [-0.39, 0.29) is 16.0 Å². The maximum atomic E-state index is 10.8. The van der Waals surface area contributed by atoms with Crippen LogP contribution in [0.15, 0.2) is 9.63 Å². The van der Waals surface area contributed by atoms with Crippen LogP contribution in [0.4, 0.5) is 0 Å². The molecule has 5 nitrogen and oxygen atoms in total. The van der Waals surface area contributed by atoms with Crippen molar-refractivity contribution in [3.05, 3.63) is 10.2 Å². The lowest BCUT2D eigenvalue weighted by atomic mass is 10.4. The quantitative estimate of drug-likeness (QED) is 0.670. The highest BCUT2D eigenvalue weighted by Gasteiger charge is 2.17. The van der Waals surface area contributed by atoms with Gasteiger partial charge in [-0.3, -0.25) is 0 Å². The van der Waals surface area contributed by atoms with Crippen molar-refractivity contribution >= 4 is 33.7 Å². The molecule has 0 aliphatic rings. The van der Waals surface area contributed by atoms with Crippen LogP contribution in [0.3, 0.4) is 0 Å². The van der Waals surface area contributed by atoms with Crippen molar-refractivity contribution in [2.24, 2.45) is 0 Å². The molecule has 0 radical (unpaired) electrons. The number of ether oxygens (including phenoxy) is 1. The summed E-state index contributed by atoms with van der Waals surface area (Å²) in [7, 11) is 1.42. The molecular formula is C7H7BrN2O3S. The molecule has 0 bridgehead atoms. The average Bonchev–Trinajstić information content (AvgIpc) is 2.17. The topological polar surface area (TPSA) is 72.3 Å². The van der Waals surface area contributed by atoms with Crippen molar-refractivity contribution in [3.63, 3.8) is 0 Å². The fourth-order valence-corrected chi connectivity index (χ4v) is 1.64. The van der Waals surface area contributed by atoms with E-state index in [1.807, 2.05) is 0 Å². The molecule has 76 valence electrons. The summed E-state index contributed by atoms with van der Waals surface area (Å²) < 4.78 is 5.16. The van der Waals surface area contributed by atoms with E-state index >= 15 is 0 Å².